The lowest BCUT2D eigenvalue weighted by molar-refractivity contribution is 0.0725. The Morgan fingerprint density at radius 2 is 1.87 bits per heavy atom. The van der Waals surface area contributed by atoms with E-state index in [1.807, 2.05) is 0 Å². The largest absolute Gasteiger partial charge is 0.478 e. The van der Waals surface area contributed by atoms with Crippen LogP contribution in [0.5, 0.6) is 5.88 Å². The highest BCUT2D eigenvalue weighted by Gasteiger charge is 2.30. The Morgan fingerprint density at radius 3 is 2.60 bits per heavy atom. The number of carbonyl (C=O) groups excluding carboxylic acids is 1. The summed E-state index contributed by atoms with van der Waals surface area (Å²) in [5, 5.41) is 8.77. The van der Waals surface area contributed by atoms with Crippen molar-refractivity contribution in [2.75, 3.05) is 13.2 Å². The summed E-state index contributed by atoms with van der Waals surface area (Å²) >= 11 is 0. The molecule has 0 spiro atoms. The normalized spacial score (nSPS) is 15.5. The fraction of sp³-hybridized carbons (Fsp3) is 0.350. The van der Waals surface area contributed by atoms with Crippen molar-refractivity contribution in [3.05, 3.63) is 52.6 Å². The molecule has 1 amide bonds. The van der Waals surface area contributed by atoms with Crippen LogP contribution >= 0.6 is 0 Å². The van der Waals surface area contributed by atoms with Gasteiger partial charge in [0.05, 0.1) is 24.5 Å². The summed E-state index contributed by atoms with van der Waals surface area (Å²) in [6, 6.07) is 3.57. The van der Waals surface area contributed by atoms with Crippen molar-refractivity contribution in [3.63, 3.8) is 0 Å². The molecule has 10 heteroatoms. The molecule has 2 aromatic heterocycles. The first-order chi connectivity index (χ1) is 14.4. The Morgan fingerprint density at radius 1 is 1.10 bits per heavy atom. The Kier molecular flexibility index (Phi) is 4.30. The summed E-state index contributed by atoms with van der Waals surface area (Å²) < 4.78 is 49.5. The van der Waals surface area contributed by atoms with Crippen molar-refractivity contribution < 1.29 is 22.7 Å². The third kappa shape index (κ3) is 2.94. The number of aryl methyl sites for hydroxylation is 2. The molecule has 0 radical (unpaired) electrons. The number of ether oxygens (including phenoxy) is 1. The van der Waals surface area contributed by atoms with Crippen molar-refractivity contribution in [1.82, 2.24) is 24.5 Å². The molecule has 3 aromatic rings. The predicted octanol–water partition coefficient (Wildman–Crippen LogP) is 2.68. The van der Waals surface area contributed by atoms with E-state index in [1.54, 1.807) is 22.7 Å². The number of rotatable bonds is 2. The van der Waals surface area contributed by atoms with Crippen molar-refractivity contribution >= 4 is 5.91 Å². The lowest BCUT2D eigenvalue weighted by Gasteiger charge is -2.26. The molecule has 2 aliphatic rings. The quantitative estimate of drug-likeness (QED) is 0.602. The van der Waals surface area contributed by atoms with Gasteiger partial charge < -0.3 is 9.64 Å². The van der Waals surface area contributed by atoms with Crippen LogP contribution in [0.2, 0.25) is 0 Å². The summed E-state index contributed by atoms with van der Waals surface area (Å²) in [4.78, 5) is 14.6. The van der Waals surface area contributed by atoms with Gasteiger partial charge in [0.2, 0.25) is 5.88 Å². The number of nitrogens with zero attached hydrogens (tertiary/aromatic N) is 5. The predicted molar refractivity (Wildman–Crippen MR) is 99.3 cm³/mol. The third-order valence-corrected chi connectivity index (χ3v) is 5.47. The summed E-state index contributed by atoms with van der Waals surface area (Å²) in [5.74, 6) is -3.64. The monoisotopic (exact) mass is 417 g/mol. The van der Waals surface area contributed by atoms with Gasteiger partial charge in [-0.1, -0.05) is 0 Å². The van der Waals surface area contributed by atoms with Crippen LogP contribution in [0.25, 0.3) is 11.3 Å². The molecule has 0 bridgehead atoms. The molecule has 0 saturated heterocycles. The van der Waals surface area contributed by atoms with Crippen molar-refractivity contribution in [3.8, 4) is 17.1 Å². The van der Waals surface area contributed by atoms with Gasteiger partial charge in [-0.05, 0) is 18.6 Å². The summed E-state index contributed by atoms with van der Waals surface area (Å²) in [7, 11) is 1.65. The van der Waals surface area contributed by atoms with Crippen LogP contribution in [-0.4, -0.2) is 43.5 Å². The number of aromatic nitrogens is 4. The van der Waals surface area contributed by atoms with Gasteiger partial charge in [-0.2, -0.15) is 10.2 Å². The topological polar surface area (TPSA) is 65.2 Å². The molecular weight excluding hydrogens is 399 g/mol. The molecular formula is C20H18F3N5O2. The molecule has 7 nitrogen and oxygen atoms in total. The molecule has 1 aromatic carbocycles. The van der Waals surface area contributed by atoms with E-state index in [0.717, 1.165) is 24.1 Å². The van der Waals surface area contributed by atoms with Crippen molar-refractivity contribution in [1.29, 1.82) is 0 Å². The lowest BCUT2D eigenvalue weighted by Crippen LogP contribution is -2.36. The van der Waals surface area contributed by atoms with Gasteiger partial charge >= 0.3 is 0 Å². The average molecular weight is 417 g/mol. The maximum Gasteiger partial charge on any atom is 0.274 e. The average Bonchev–Trinajstić information content (AvgIpc) is 3.30. The van der Waals surface area contributed by atoms with Crippen LogP contribution in [0.4, 0.5) is 13.2 Å². The van der Waals surface area contributed by atoms with Crippen molar-refractivity contribution in [2.24, 2.45) is 7.05 Å². The van der Waals surface area contributed by atoms with Gasteiger partial charge in [0.15, 0.2) is 23.1 Å². The molecule has 5 rings (SSSR count). The van der Waals surface area contributed by atoms with E-state index in [1.165, 1.54) is 4.68 Å². The molecule has 0 N–H and O–H groups in total. The second-order valence-corrected chi connectivity index (χ2v) is 7.42. The molecule has 156 valence electrons. The first kappa shape index (κ1) is 18.7. The second-order valence-electron chi connectivity index (χ2n) is 7.42. The van der Waals surface area contributed by atoms with E-state index in [4.69, 9.17) is 4.74 Å². The Hall–Kier alpha value is -3.30. The lowest BCUT2D eigenvalue weighted by atomic mass is 9.99. The highest BCUT2D eigenvalue weighted by molar-refractivity contribution is 5.92. The van der Waals surface area contributed by atoms with E-state index in [2.05, 4.69) is 10.2 Å². The summed E-state index contributed by atoms with van der Waals surface area (Å²) in [6.07, 6.45) is 1.30. The molecule has 30 heavy (non-hydrogen) atoms. The molecule has 0 unspecified atom stereocenters. The number of hydrogen-bond donors (Lipinski definition) is 0. The van der Waals surface area contributed by atoms with E-state index < -0.39 is 17.5 Å². The maximum atomic E-state index is 13.7. The SMILES string of the molecule is Cn1nc2c(c1-c1cc(F)c(F)c(F)c1)CCN(C(=O)c1cc3n(n1)CCCO3)C2. The maximum absolute atomic E-state index is 13.7. The second kappa shape index (κ2) is 6.89. The van der Waals surface area contributed by atoms with Crippen LogP contribution in [-0.2, 0) is 26.6 Å². The van der Waals surface area contributed by atoms with E-state index >= 15 is 0 Å². The van der Waals surface area contributed by atoms with E-state index in [0.29, 0.717) is 49.1 Å². The summed E-state index contributed by atoms with van der Waals surface area (Å²) in [6.45, 7) is 1.96. The summed E-state index contributed by atoms with van der Waals surface area (Å²) in [5.41, 5.74) is 2.47. The molecule has 0 fully saturated rings. The van der Waals surface area contributed by atoms with Crippen LogP contribution in [0.3, 0.4) is 0 Å². The van der Waals surface area contributed by atoms with Gasteiger partial charge in [0, 0.05) is 43.8 Å². The number of carbonyl (C=O) groups is 1. The molecule has 2 aliphatic heterocycles. The molecule has 4 heterocycles. The van der Waals surface area contributed by atoms with Gasteiger partial charge in [-0.3, -0.25) is 9.48 Å². The Bertz CT molecular complexity index is 1120. The fourth-order valence-corrected chi connectivity index (χ4v) is 4.08. The molecule has 0 saturated carbocycles. The fourth-order valence-electron chi connectivity index (χ4n) is 4.08. The number of amides is 1. The number of benzene rings is 1. The molecule has 0 aliphatic carbocycles. The van der Waals surface area contributed by atoms with Crippen LogP contribution < -0.4 is 4.74 Å². The minimum absolute atomic E-state index is 0.210. The van der Waals surface area contributed by atoms with Gasteiger partial charge in [0.1, 0.15) is 0 Å². The zero-order valence-electron chi connectivity index (χ0n) is 16.2. The van der Waals surface area contributed by atoms with Gasteiger partial charge in [-0.25, -0.2) is 17.9 Å². The van der Waals surface area contributed by atoms with Crippen LogP contribution in [0.15, 0.2) is 18.2 Å². The Labute approximate surface area is 169 Å². The first-order valence-corrected chi connectivity index (χ1v) is 9.62. The Balaban J connectivity index is 1.44. The van der Waals surface area contributed by atoms with Gasteiger partial charge in [0.25, 0.3) is 5.91 Å². The molecule has 0 atom stereocenters. The zero-order chi connectivity index (χ0) is 21.0. The minimum atomic E-state index is -1.50. The van der Waals surface area contributed by atoms with E-state index in [-0.39, 0.29) is 18.0 Å². The van der Waals surface area contributed by atoms with E-state index in [9.17, 15) is 18.0 Å². The number of fused-ring (bicyclic) bond motifs is 2. The standard InChI is InChI=1S/C20H18F3N5O2/c1-26-19(11-7-13(21)18(23)14(22)8-11)12-3-5-27(10-16(12)24-26)20(29)15-9-17-28(25-15)4-2-6-30-17/h7-9H,2-6,10H2,1H3. The van der Waals surface area contributed by atoms with Crippen molar-refractivity contribution in [2.45, 2.75) is 25.9 Å². The van der Waals surface area contributed by atoms with Crippen LogP contribution in [0.1, 0.15) is 28.2 Å². The number of halogens is 3. The number of hydrogen-bond acceptors (Lipinski definition) is 4. The zero-order valence-corrected chi connectivity index (χ0v) is 16.2. The van der Waals surface area contributed by atoms with Crippen LogP contribution in [0, 0.1) is 17.5 Å². The third-order valence-electron chi connectivity index (χ3n) is 5.47. The smallest absolute Gasteiger partial charge is 0.274 e. The van der Waals surface area contributed by atoms with Gasteiger partial charge in [-0.15, -0.1) is 0 Å². The first-order valence-electron chi connectivity index (χ1n) is 9.62. The highest BCUT2D eigenvalue weighted by atomic mass is 19.2. The highest BCUT2D eigenvalue weighted by Crippen LogP contribution is 2.32. The minimum Gasteiger partial charge on any atom is -0.478 e.